The number of hydrogen-bond acceptors (Lipinski definition) is 3. The Hall–Kier alpha value is -2.04. The first-order valence-corrected chi connectivity index (χ1v) is 8.97. The van der Waals surface area contributed by atoms with Gasteiger partial charge in [-0.15, -0.1) is 12.4 Å². The highest BCUT2D eigenvalue weighted by atomic mass is 35.5. The molecular weight excluding hydrogens is 348 g/mol. The van der Waals surface area contributed by atoms with Gasteiger partial charge in [0.05, 0.1) is 0 Å². The SMILES string of the molecule is CNCC1CCCN(C(=O)COc2ccccc2-c2ccccc2)C1.Cl. The van der Waals surface area contributed by atoms with Crippen LogP contribution in [-0.4, -0.2) is 44.1 Å². The van der Waals surface area contributed by atoms with Gasteiger partial charge in [-0.05, 0) is 44.0 Å². The van der Waals surface area contributed by atoms with Crippen molar-refractivity contribution in [3.63, 3.8) is 0 Å². The molecule has 1 aliphatic heterocycles. The first-order chi connectivity index (χ1) is 12.3. The summed E-state index contributed by atoms with van der Waals surface area (Å²) in [5.74, 6) is 1.37. The zero-order chi connectivity index (χ0) is 17.5. The van der Waals surface area contributed by atoms with Crippen molar-refractivity contribution in [2.45, 2.75) is 12.8 Å². The summed E-state index contributed by atoms with van der Waals surface area (Å²) in [5, 5.41) is 3.21. The lowest BCUT2D eigenvalue weighted by atomic mass is 9.98. The molecule has 1 amide bonds. The number of nitrogens with zero attached hydrogens (tertiary/aromatic N) is 1. The van der Waals surface area contributed by atoms with E-state index in [2.05, 4.69) is 17.4 Å². The summed E-state index contributed by atoms with van der Waals surface area (Å²) in [5.41, 5.74) is 2.11. The van der Waals surface area contributed by atoms with E-state index >= 15 is 0 Å². The zero-order valence-corrected chi connectivity index (χ0v) is 16.0. The second kappa shape index (κ2) is 10.2. The predicted molar refractivity (Wildman–Crippen MR) is 108 cm³/mol. The van der Waals surface area contributed by atoms with Crippen LogP contribution in [0.3, 0.4) is 0 Å². The molecule has 1 unspecified atom stereocenters. The van der Waals surface area contributed by atoms with Crippen LogP contribution in [0.2, 0.25) is 0 Å². The molecular formula is C21H27ClN2O2. The maximum atomic E-state index is 12.5. The van der Waals surface area contributed by atoms with Gasteiger partial charge in [0, 0.05) is 18.7 Å². The van der Waals surface area contributed by atoms with Crippen molar-refractivity contribution in [3.05, 3.63) is 54.6 Å². The molecule has 3 rings (SSSR count). The average Bonchev–Trinajstić information content (AvgIpc) is 2.67. The lowest BCUT2D eigenvalue weighted by Crippen LogP contribution is -2.44. The smallest absolute Gasteiger partial charge is 0.260 e. The van der Waals surface area contributed by atoms with Crippen LogP contribution in [0.15, 0.2) is 54.6 Å². The van der Waals surface area contributed by atoms with Gasteiger partial charge >= 0.3 is 0 Å². The minimum Gasteiger partial charge on any atom is -0.483 e. The number of halogens is 1. The standard InChI is InChI=1S/C21H26N2O2.ClH/c1-22-14-17-8-7-13-23(15-17)21(24)16-25-20-12-6-5-11-19(20)18-9-3-2-4-10-18;/h2-6,9-12,17,22H,7-8,13-16H2,1H3;1H. The van der Waals surface area contributed by atoms with E-state index in [9.17, 15) is 4.79 Å². The van der Waals surface area contributed by atoms with Crippen LogP contribution in [0.1, 0.15) is 12.8 Å². The summed E-state index contributed by atoms with van der Waals surface area (Å²) in [6.45, 7) is 2.71. The fraction of sp³-hybridized carbons (Fsp3) is 0.381. The lowest BCUT2D eigenvalue weighted by molar-refractivity contribution is -0.135. The molecule has 0 spiro atoms. The van der Waals surface area contributed by atoms with Crippen LogP contribution >= 0.6 is 12.4 Å². The van der Waals surface area contributed by atoms with Gasteiger partial charge in [-0.25, -0.2) is 0 Å². The van der Waals surface area contributed by atoms with Crippen molar-refractivity contribution in [1.82, 2.24) is 10.2 Å². The third-order valence-corrected chi connectivity index (χ3v) is 4.69. The van der Waals surface area contributed by atoms with Crippen molar-refractivity contribution in [3.8, 4) is 16.9 Å². The van der Waals surface area contributed by atoms with E-state index in [1.165, 1.54) is 6.42 Å². The number of carbonyl (C=O) groups excluding carboxylic acids is 1. The highest BCUT2D eigenvalue weighted by molar-refractivity contribution is 5.85. The maximum Gasteiger partial charge on any atom is 0.260 e. The fourth-order valence-electron chi connectivity index (χ4n) is 3.43. The molecule has 1 atom stereocenters. The van der Waals surface area contributed by atoms with E-state index in [4.69, 9.17) is 4.74 Å². The Kier molecular flexibility index (Phi) is 7.95. The monoisotopic (exact) mass is 374 g/mol. The molecule has 5 heteroatoms. The summed E-state index contributed by atoms with van der Waals surface area (Å²) in [4.78, 5) is 14.5. The third-order valence-electron chi connectivity index (χ3n) is 4.69. The molecule has 1 heterocycles. The summed E-state index contributed by atoms with van der Waals surface area (Å²) in [7, 11) is 1.96. The van der Waals surface area contributed by atoms with Gasteiger partial charge in [-0.3, -0.25) is 4.79 Å². The van der Waals surface area contributed by atoms with Crippen molar-refractivity contribution < 1.29 is 9.53 Å². The first-order valence-electron chi connectivity index (χ1n) is 8.97. The number of likely N-dealkylation sites (tertiary alicyclic amines) is 1. The molecule has 4 nitrogen and oxygen atoms in total. The Morgan fingerprint density at radius 2 is 1.88 bits per heavy atom. The molecule has 0 aliphatic carbocycles. The first kappa shape index (κ1) is 20.3. The number of carbonyl (C=O) groups is 1. The molecule has 2 aromatic rings. The maximum absolute atomic E-state index is 12.5. The van der Waals surface area contributed by atoms with Gasteiger partial charge in [0.15, 0.2) is 6.61 Å². The molecule has 0 aromatic heterocycles. The van der Waals surface area contributed by atoms with E-state index in [0.717, 1.165) is 42.9 Å². The minimum absolute atomic E-state index is 0. The third kappa shape index (κ3) is 5.23. The van der Waals surface area contributed by atoms with E-state index in [1.807, 2.05) is 54.4 Å². The van der Waals surface area contributed by atoms with Crippen LogP contribution in [0.5, 0.6) is 5.75 Å². The summed E-state index contributed by atoms with van der Waals surface area (Å²) < 4.78 is 5.89. The molecule has 0 radical (unpaired) electrons. The highest BCUT2D eigenvalue weighted by Crippen LogP contribution is 2.29. The Morgan fingerprint density at radius 1 is 1.15 bits per heavy atom. The summed E-state index contributed by atoms with van der Waals surface area (Å²) in [6.07, 6.45) is 2.25. The van der Waals surface area contributed by atoms with Crippen molar-refractivity contribution in [2.24, 2.45) is 5.92 Å². The largest absolute Gasteiger partial charge is 0.483 e. The van der Waals surface area contributed by atoms with Gasteiger partial charge in [-0.2, -0.15) is 0 Å². The molecule has 140 valence electrons. The van der Waals surface area contributed by atoms with Crippen molar-refractivity contribution in [2.75, 3.05) is 33.3 Å². The number of hydrogen-bond donors (Lipinski definition) is 1. The second-order valence-corrected chi connectivity index (χ2v) is 6.56. The van der Waals surface area contributed by atoms with Gasteiger partial charge in [0.25, 0.3) is 5.91 Å². The average molecular weight is 375 g/mol. The van der Waals surface area contributed by atoms with Crippen LogP contribution in [0.25, 0.3) is 11.1 Å². The predicted octanol–water partition coefficient (Wildman–Crippen LogP) is 3.61. The normalized spacial score (nSPS) is 16.7. The lowest BCUT2D eigenvalue weighted by Gasteiger charge is -2.32. The van der Waals surface area contributed by atoms with Gasteiger partial charge in [0.2, 0.25) is 0 Å². The van der Waals surface area contributed by atoms with Gasteiger partial charge in [0.1, 0.15) is 5.75 Å². The summed E-state index contributed by atoms with van der Waals surface area (Å²) in [6, 6.07) is 18.0. The Balaban J connectivity index is 0.00000243. The van der Waals surface area contributed by atoms with Crippen molar-refractivity contribution >= 4 is 18.3 Å². The van der Waals surface area contributed by atoms with Crippen LogP contribution < -0.4 is 10.1 Å². The molecule has 26 heavy (non-hydrogen) atoms. The Morgan fingerprint density at radius 3 is 2.65 bits per heavy atom. The van der Waals surface area contributed by atoms with E-state index in [1.54, 1.807) is 0 Å². The Labute approximate surface area is 162 Å². The second-order valence-electron chi connectivity index (χ2n) is 6.56. The molecule has 2 aromatic carbocycles. The number of rotatable bonds is 6. The summed E-state index contributed by atoms with van der Waals surface area (Å²) >= 11 is 0. The number of benzene rings is 2. The topological polar surface area (TPSA) is 41.6 Å². The number of nitrogens with one attached hydrogen (secondary N) is 1. The van der Waals surface area contributed by atoms with E-state index < -0.39 is 0 Å². The minimum atomic E-state index is 0. The van der Waals surface area contributed by atoms with Crippen LogP contribution in [0, 0.1) is 5.92 Å². The molecule has 1 fully saturated rings. The molecule has 0 saturated carbocycles. The number of piperidine rings is 1. The number of para-hydroxylation sites is 1. The van der Waals surface area contributed by atoms with Gasteiger partial charge in [-0.1, -0.05) is 48.5 Å². The van der Waals surface area contributed by atoms with Crippen molar-refractivity contribution in [1.29, 1.82) is 0 Å². The highest BCUT2D eigenvalue weighted by Gasteiger charge is 2.23. The van der Waals surface area contributed by atoms with E-state index in [-0.39, 0.29) is 24.9 Å². The zero-order valence-electron chi connectivity index (χ0n) is 15.2. The molecule has 1 aliphatic rings. The molecule has 0 bridgehead atoms. The van der Waals surface area contributed by atoms with E-state index in [0.29, 0.717) is 5.92 Å². The van der Waals surface area contributed by atoms with Gasteiger partial charge < -0.3 is 15.0 Å². The van der Waals surface area contributed by atoms with Crippen LogP contribution in [-0.2, 0) is 4.79 Å². The molecule has 1 N–H and O–H groups in total. The number of ether oxygens (including phenoxy) is 1. The fourth-order valence-corrected chi connectivity index (χ4v) is 3.43. The quantitative estimate of drug-likeness (QED) is 0.839. The molecule has 1 saturated heterocycles. The Bertz CT molecular complexity index is 691. The van der Waals surface area contributed by atoms with Crippen LogP contribution in [0.4, 0.5) is 0 Å². The number of amides is 1.